The molecule has 1 aliphatic rings. The summed E-state index contributed by atoms with van der Waals surface area (Å²) in [5, 5.41) is 13.2. The molecule has 2 aromatic carbocycles. The van der Waals surface area contributed by atoms with E-state index in [1.807, 2.05) is 56.4 Å². The summed E-state index contributed by atoms with van der Waals surface area (Å²) >= 11 is 6.14. The molecule has 0 saturated heterocycles. The molecule has 3 aromatic rings. The van der Waals surface area contributed by atoms with Crippen LogP contribution in [0.25, 0.3) is 0 Å². The highest BCUT2D eigenvalue weighted by Gasteiger charge is 2.50. The van der Waals surface area contributed by atoms with Gasteiger partial charge in [-0.05, 0) is 85.7 Å². The van der Waals surface area contributed by atoms with Crippen molar-refractivity contribution >= 4 is 17.5 Å². The van der Waals surface area contributed by atoms with Gasteiger partial charge < -0.3 is 5.32 Å². The van der Waals surface area contributed by atoms with Crippen molar-refractivity contribution < 1.29 is 4.79 Å². The lowest BCUT2D eigenvalue weighted by atomic mass is 9.81. The molecule has 30 heavy (non-hydrogen) atoms. The first-order valence-electron chi connectivity index (χ1n) is 9.96. The topological polar surface area (TPSA) is 65.8 Å². The van der Waals surface area contributed by atoms with Crippen LogP contribution in [0.15, 0.2) is 60.8 Å². The van der Waals surface area contributed by atoms with Crippen molar-refractivity contribution in [2.45, 2.75) is 32.2 Å². The Morgan fingerprint density at radius 3 is 2.43 bits per heavy atom. The molecule has 1 aromatic heterocycles. The number of aryl methyl sites for hydroxylation is 2. The van der Waals surface area contributed by atoms with Crippen LogP contribution in [0.1, 0.15) is 51.1 Å². The molecule has 0 aliphatic heterocycles. The molecule has 1 unspecified atom stereocenters. The highest BCUT2D eigenvalue weighted by Crippen LogP contribution is 2.49. The molecule has 1 aliphatic carbocycles. The highest BCUT2D eigenvalue weighted by molar-refractivity contribution is 6.30. The van der Waals surface area contributed by atoms with E-state index in [-0.39, 0.29) is 11.8 Å². The van der Waals surface area contributed by atoms with E-state index >= 15 is 0 Å². The minimum absolute atomic E-state index is 0.188. The van der Waals surface area contributed by atoms with Gasteiger partial charge >= 0.3 is 0 Å². The molecule has 4 rings (SSSR count). The van der Waals surface area contributed by atoms with Gasteiger partial charge in [0, 0.05) is 16.8 Å². The Bertz CT molecular complexity index is 1080. The third-order valence-electron chi connectivity index (χ3n) is 5.72. The van der Waals surface area contributed by atoms with Crippen molar-refractivity contribution in [3.8, 4) is 6.07 Å². The fourth-order valence-corrected chi connectivity index (χ4v) is 4.07. The number of carbonyl (C=O) groups is 1. The summed E-state index contributed by atoms with van der Waals surface area (Å²) in [6.07, 6.45) is 3.84. The van der Waals surface area contributed by atoms with E-state index in [0.29, 0.717) is 16.1 Å². The number of nitrogens with one attached hydrogen (secondary N) is 1. The number of hydrogen-bond acceptors (Lipinski definition) is 3. The molecule has 1 fully saturated rings. The lowest BCUT2D eigenvalue weighted by molar-refractivity contribution is 0.0900. The molecule has 1 atom stereocenters. The number of benzene rings is 2. The maximum Gasteiger partial charge on any atom is 0.252 e. The molecule has 0 bridgehead atoms. The summed E-state index contributed by atoms with van der Waals surface area (Å²) in [4.78, 5) is 18.1. The van der Waals surface area contributed by atoms with Crippen molar-refractivity contribution in [1.82, 2.24) is 10.3 Å². The normalized spacial score (nSPS) is 15.1. The second-order valence-corrected chi connectivity index (χ2v) is 8.34. The number of amides is 1. The summed E-state index contributed by atoms with van der Waals surface area (Å²) in [6, 6.07) is 18.9. The second kappa shape index (κ2) is 7.93. The monoisotopic (exact) mass is 415 g/mol. The average molecular weight is 416 g/mol. The second-order valence-electron chi connectivity index (χ2n) is 7.91. The van der Waals surface area contributed by atoms with Crippen LogP contribution in [0, 0.1) is 31.1 Å². The van der Waals surface area contributed by atoms with E-state index < -0.39 is 5.54 Å². The van der Waals surface area contributed by atoms with Gasteiger partial charge in [0.2, 0.25) is 0 Å². The van der Waals surface area contributed by atoms with E-state index in [1.54, 1.807) is 18.2 Å². The molecule has 5 heteroatoms. The van der Waals surface area contributed by atoms with Crippen LogP contribution in [-0.4, -0.2) is 10.9 Å². The third-order valence-corrected chi connectivity index (χ3v) is 5.98. The smallest absolute Gasteiger partial charge is 0.252 e. The first-order valence-corrected chi connectivity index (χ1v) is 10.3. The number of halogens is 1. The van der Waals surface area contributed by atoms with E-state index in [0.717, 1.165) is 35.2 Å². The van der Waals surface area contributed by atoms with Crippen LogP contribution >= 0.6 is 11.6 Å². The highest BCUT2D eigenvalue weighted by atomic mass is 35.5. The Kier molecular flexibility index (Phi) is 5.32. The van der Waals surface area contributed by atoms with Gasteiger partial charge in [-0.15, -0.1) is 0 Å². The molecule has 1 amide bonds. The number of pyridine rings is 1. The third kappa shape index (κ3) is 3.69. The minimum Gasteiger partial charge on any atom is -0.337 e. The Balaban J connectivity index is 1.82. The maximum atomic E-state index is 13.4. The van der Waals surface area contributed by atoms with Crippen molar-refractivity contribution in [3.05, 3.63) is 99.3 Å². The number of nitriles is 1. The summed E-state index contributed by atoms with van der Waals surface area (Å²) in [5.74, 6) is 0.0594. The van der Waals surface area contributed by atoms with Gasteiger partial charge in [-0.1, -0.05) is 29.8 Å². The zero-order chi connectivity index (χ0) is 21.3. The average Bonchev–Trinajstić information content (AvgIpc) is 3.59. The van der Waals surface area contributed by atoms with Gasteiger partial charge in [0.1, 0.15) is 5.54 Å². The van der Waals surface area contributed by atoms with E-state index in [4.69, 9.17) is 16.6 Å². The Morgan fingerprint density at radius 1 is 1.13 bits per heavy atom. The van der Waals surface area contributed by atoms with E-state index in [9.17, 15) is 10.1 Å². The fraction of sp³-hybridized carbons (Fsp3) is 0.240. The molecule has 4 nitrogen and oxygen atoms in total. The number of aromatic nitrogens is 1. The predicted octanol–water partition coefficient (Wildman–Crippen LogP) is 5.31. The van der Waals surface area contributed by atoms with Crippen LogP contribution in [0.3, 0.4) is 0 Å². The van der Waals surface area contributed by atoms with Crippen LogP contribution in [0.2, 0.25) is 5.02 Å². The van der Waals surface area contributed by atoms with Crippen LogP contribution in [-0.2, 0) is 5.54 Å². The van der Waals surface area contributed by atoms with Crippen molar-refractivity contribution in [3.63, 3.8) is 0 Å². The Labute approximate surface area is 181 Å². The van der Waals surface area contributed by atoms with Gasteiger partial charge in [0.15, 0.2) is 0 Å². The molecule has 0 radical (unpaired) electrons. The summed E-state index contributed by atoms with van der Waals surface area (Å²) in [5.41, 5.74) is 3.98. The van der Waals surface area contributed by atoms with Crippen LogP contribution in [0.5, 0.6) is 0 Å². The quantitative estimate of drug-likeness (QED) is 0.614. The Hall–Kier alpha value is -3.16. The molecule has 1 saturated carbocycles. The number of nitrogens with zero attached hydrogens (tertiary/aromatic N) is 2. The van der Waals surface area contributed by atoms with Gasteiger partial charge in [-0.3, -0.25) is 9.78 Å². The van der Waals surface area contributed by atoms with Gasteiger partial charge in [0.25, 0.3) is 5.91 Å². The predicted molar refractivity (Wildman–Crippen MR) is 117 cm³/mol. The number of hydrogen-bond donors (Lipinski definition) is 1. The molecule has 1 N–H and O–H groups in total. The first kappa shape index (κ1) is 20.1. The zero-order valence-corrected chi connectivity index (χ0v) is 17.7. The van der Waals surface area contributed by atoms with E-state index in [1.165, 1.54) is 0 Å². The lowest BCUT2D eigenvalue weighted by Crippen LogP contribution is -2.49. The van der Waals surface area contributed by atoms with E-state index in [2.05, 4.69) is 11.4 Å². The zero-order valence-electron chi connectivity index (χ0n) is 16.9. The molecular formula is C25H22ClN3O. The largest absolute Gasteiger partial charge is 0.337 e. The van der Waals surface area contributed by atoms with Crippen LogP contribution < -0.4 is 5.32 Å². The fourth-order valence-electron chi connectivity index (χ4n) is 3.94. The lowest BCUT2D eigenvalue weighted by Gasteiger charge is -2.35. The van der Waals surface area contributed by atoms with Crippen molar-refractivity contribution in [2.75, 3.05) is 0 Å². The summed E-state index contributed by atoms with van der Waals surface area (Å²) < 4.78 is 0. The summed E-state index contributed by atoms with van der Waals surface area (Å²) in [6.45, 7) is 3.83. The molecule has 1 heterocycles. The van der Waals surface area contributed by atoms with Gasteiger partial charge in [0.05, 0.1) is 17.3 Å². The first-order chi connectivity index (χ1) is 14.4. The van der Waals surface area contributed by atoms with Crippen LogP contribution in [0.4, 0.5) is 0 Å². The van der Waals surface area contributed by atoms with Crippen molar-refractivity contribution in [2.24, 2.45) is 5.92 Å². The van der Waals surface area contributed by atoms with Gasteiger partial charge in [-0.2, -0.15) is 5.26 Å². The van der Waals surface area contributed by atoms with Crippen molar-refractivity contribution in [1.29, 1.82) is 5.26 Å². The molecular weight excluding hydrogens is 394 g/mol. The number of rotatable bonds is 5. The molecule has 150 valence electrons. The standard InChI is InChI=1S/C25H22ClN3O/c1-16-3-12-23(28-15-16)25(20-6-7-20,21-8-10-22(26)11-9-21)29-24(30)18-4-5-19(14-27)17(2)13-18/h3-5,8-13,15,20H,6-7H2,1-2H3,(H,29,30). The van der Waals surface area contributed by atoms with Gasteiger partial charge in [-0.25, -0.2) is 0 Å². The molecule has 0 spiro atoms. The SMILES string of the molecule is Cc1ccc(C(NC(=O)c2ccc(C#N)c(C)c2)(c2ccc(Cl)cc2)C2CC2)nc1. The number of carbonyl (C=O) groups excluding carboxylic acids is 1. The maximum absolute atomic E-state index is 13.4. The minimum atomic E-state index is -0.739. The Morgan fingerprint density at radius 2 is 1.87 bits per heavy atom. The summed E-state index contributed by atoms with van der Waals surface area (Å²) in [7, 11) is 0.